The molecule has 5 aliphatic rings. The van der Waals surface area contributed by atoms with E-state index >= 15 is 0 Å². The van der Waals surface area contributed by atoms with Crippen LogP contribution in [0, 0.1) is 11.3 Å². The maximum atomic E-state index is 13.1. The van der Waals surface area contributed by atoms with Gasteiger partial charge < -0.3 is 24.6 Å². The van der Waals surface area contributed by atoms with Crippen LogP contribution >= 0.6 is 0 Å². The maximum absolute atomic E-state index is 13.1. The highest BCUT2D eigenvalue weighted by Crippen LogP contribution is 2.43. The van der Waals surface area contributed by atoms with Crippen LogP contribution in [0.5, 0.6) is 0 Å². The van der Waals surface area contributed by atoms with Crippen molar-refractivity contribution in [1.82, 2.24) is 25.1 Å². The lowest BCUT2D eigenvalue weighted by Gasteiger charge is -2.61. The van der Waals surface area contributed by atoms with Crippen molar-refractivity contribution in [3.63, 3.8) is 0 Å². The lowest BCUT2D eigenvalue weighted by atomic mass is 9.72. The van der Waals surface area contributed by atoms with Crippen LogP contribution in [0.15, 0.2) is 67.0 Å². The van der Waals surface area contributed by atoms with E-state index in [4.69, 9.17) is 0 Å². The molecule has 0 radical (unpaired) electrons. The Bertz CT molecular complexity index is 1880. The fourth-order valence-corrected chi connectivity index (χ4v) is 8.64. The number of carbonyl (C=O) groups excluding carboxylic acids is 3. The number of piperidine rings is 2. The number of pyridine rings is 1. The highest BCUT2D eigenvalue weighted by atomic mass is 16.2. The summed E-state index contributed by atoms with van der Waals surface area (Å²) in [6.45, 7) is 8.33. The van der Waals surface area contributed by atoms with Gasteiger partial charge in [0.1, 0.15) is 11.7 Å². The molecule has 10 heteroatoms. The van der Waals surface area contributed by atoms with Crippen molar-refractivity contribution < 1.29 is 14.4 Å². The van der Waals surface area contributed by atoms with E-state index in [-0.39, 0.29) is 24.1 Å². The molecule has 10 nitrogen and oxygen atoms in total. The molecule has 240 valence electrons. The predicted octanol–water partition coefficient (Wildman–Crippen LogP) is 4.03. The summed E-state index contributed by atoms with van der Waals surface area (Å²) in [6, 6.07) is 18.7. The molecule has 3 amide bonds. The second-order valence-corrected chi connectivity index (χ2v) is 14.4. The molecule has 2 N–H and O–H groups in total. The molecule has 1 atom stereocenters. The van der Waals surface area contributed by atoms with Gasteiger partial charge in [-0.25, -0.2) is 4.98 Å². The predicted molar refractivity (Wildman–Crippen MR) is 180 cm³/mol. The van der Waals surface area contributed by atoms with Crippen molar-refractivity contribution in [2.75, 3.05) is 55.6 Å². The van der Waals surface area contributed by atoms with Crippen molar-refractivity contribution in [2.45, 2.75) is 38.3 Å². The Hall–Kier alpha value is -4.70. The number of amides is 3. The first-order valence-corrected chi connectivity index (χ1v) is 16.9. The van der Waals surface area contributed by atoms with Crippen molar-refractivity contribution in [2.24, 2.45) is 11.3 Å². The number of likely N-dealkylation sites (tertiary alicyclic amines) is 1. The molecule has 9 rings (SSSR count). The van der Waals surface area contributed by atoms with Crippen LogP contribution in [0.2, 0.25) is 0 Å². The highest BCUT2D eigenvalue weighted by molar-refractivity contribution is 6.05. The number of aromatic amines is 1. The molecule has 4 fully saturated rings. The summed E-state index contributed by atoms with van der Waals surface area (Å²) in [5, 5.41) is 3.52. The Morgan fingerprint density at radius 1 is 0.830 bits per heavy atom. The fourth-order valence-electron chi connectivity index (χ4n) is 8.64. The van der Waals surface area contributed by atoms with E-state index in [0.717, 1.165) is 54.0 Å². The number of rotatable bonds is 6. The van der Waals surface area contributed by atoms with Crippen LogP contribution in [-0.4, -0.2) is 89.3 Å². The Labute approximate surface area is 273 Å². The number of fused-ring (bicyclic) bond motifs is 2. The molecule has 0 saturated carbocycles. The van der Waals surface area contributed by atoms with Gasteiger partial charge in [0.2, 0.25) is 11.8 Å². The summed E-state index contributed by atoms with van der Waals surface area (Å²) < 4.78 is 0. The Morgan fingerprint density at radius 3 is 2.40 bits per heavy atom. The number of hydrogen-bond acceptors (Lipinski definition) is 7. The van der Waals surface area contributed by atoms with Crippen molar-refractivity contribution in [3.8, 4) is 11.1 Å². The van der Waals surface area contributed by atoms with Gasteiger partial charge in [-0.15, -0.1) is 0 Å². The number of hydrogen-bond donors (Lipinski definition) is 2. The lowest BCUT2D eigenvalue weighted by Crippen LogP contribution is -2.72. The second-order valence-electron chi connectivity index (χ2n) is 14.4. The average molecular weight is 630 g/mol. The van der Waals surface area contributed by atoms with Gasteiger partial charge in [0, 0.05) is 104 Å². The fraction of sp³-hybridized carbons (Fsp3) is 0.405. The van der Waals surface area contributed by atoms with Crippen LogP contribution in [0.3, 0.4) is 0 Å². The SMILES string of the molecule is O=C1CCC(N2Cc3cc(N4CCC(CN5CC6(C5)CN(c5ccc(-c7cnc8[nH]ccc8c7)cc5)C6)CC4)ccc3C2=O)C(=O)N1. The van der Waals surface area contributed by atoms with Crippen molar-refractivity contribution in [1.29, 1.82) is 0 Å². The minimum Gasteiger partial charge on any atom is -0.372 e. The average Bonchev–Trinajstić information content (AvgIpc) is 3.65. The molecule has 0 bridgehead atoms. The minimum absolute atomic E-state index is 0.112. The standard InChI is InChI=1S/C37H39N7O3/c45-33-8-7-32(35(46)40-33)44-19-28-16-30(5-6-31(28)36(44)47)42-13-10-24(11-14-42)18-41-20-37(21-41)22-43(23-37)29-3-1-25(2-4-29)27-15-26-9-12-38-34(26)39-17-27/h1-6,9,12,15-17,24,32H,7-8,10-11,13-14,18-23H2,(H,38,39)(H,40,45,46). The van der Waals surface area contributed by atoms with E-state index in [0.29, 0.717) is 29.9 Å². The summed E-state index contributed by atoms with van der Waals surface area (Å²) in [5.74, 6) is -0.0220. The molecule has 4 saturated heterocycles. The van der Waals surface area contributed by atoms with Crippen molar-refractivity contribution >= 4 is 40.1 Å². The van der Waals surface area contributed by atoms with Gasteiger partial charge >= 0.3 is 0 Å². The summed E-state index contributed by atoms with van der Waals surface area (Å²) in [6.07, 6.45) is 6.88. The number of aromatic nitrogens is 2. The third-order valence-corrected chi connectivity index (χ3v) is 11.1. The first-order chi connectivity index (χ1) is 22.9. The van der Waals surface area contributed by atoms with Gasteiger partial charge in [-0.3, -0.25) is 19.7 Å². The van der Waals surface area contributed by atoms with Crippen LogP contribution in [0.1, 0.15) is 41.6 Å². The maximum Gasteiger partial charge on any atom is 0.255 e. The van der Waals surface area contributed by atoms with Gasteiger partial charge in [0.15, 0.2) is 0 Å². The summed E-state index contributed by atoms with van der Waals surface area (Å²) in [7, 11) is 0. The molecule has 4 aromatic rings. The largest absolute Gasteiger partial charge is 0.372 e. The molecular formula is C37H39N7O3. The Kier molecular flexibility index (Phi) is 6.64. The van der Waals surface area contributed by atoms with Crippen LogP contribution in [0.4, 0.5) is 11.4 Å². The highest BCUT2D eigenvalue weighted by Gasteiger charge is 2.51. The van der Waals surface area contributed by atoms with Gasteiger partial charge in [-0.05, 0) is 78.8 Å². The zero-order chi connectivity index (χ0) is 31.7. The van der Waals surface area contributed by atoms with Gasteiger partial charge in [-0.2, -0.15) is 0 Å². The normalized spacial score (nSPS) is 22.9. The van der Waals surface area contributed by atoms with E-state index in [2.05, 4.69) is 78.5 Å². The molecule has 2 aromatic heterocycles. The summed E-state index contributed by atoms with van der Waals surface area (Å²) in [4.78, 5) is 54.0. The number of imide groups is 1. The second kappa shape index (κ2) is 10.9. The molecule has 1 unspecified atom stereocenters. The number of H-pyrrole nitrogens is 1. The number of benzene rings is 2. The van der Waals surface area contributed by atoms with Crippen LogP contribution in [-0.2, 0) is 16.1 Å². The van der Waals surface area contributed by atoms with E-state index < -0.39 is 6.04 Å². The monoisotopic (exact) mass is 629 g/mol. The third kappa shape index (κ3) is 5.06. The van der Waals surface area contributed by atoms with Gasteiger partial charge in [-0.1, -0.05) is 12.1 Å². The van der Waals surface area contributed by atoms with E-state index in [9.17, 15) is 14.4 Å². The smallest absolute Gasteiger partial charge is 0.255 e. The third-order valence-electron chi connectivity index (χ3n) is 11.1. The van der Waals surface area contributed by atoms with E-state index in [1.54, 1.807) is 4.90 Å². The number of nitrogens with zero attached hydrogens (tertiary/aromatic N) is 5. The first kappa shape index (κ1) is 28.5. The topological polar surface area (TPSA) is 105 Å². The molecule has 7 heterocycles. The minimum atomic E-state index is -0.572. The van der Waals surface area contributed by atoms with Gasteiger partial charge in [0.25, 0.3) is 5.91 Å². The van der Waals surface area contributed by atoms with Crippen LogP contribution < -0.4 is 15.1 Å². The Balaban J connectivity index is 0.739. The van der Waals surface area contributed by atoms with Crippen LogP contribution in [0.25, 0.3) is 22.2 Å². The number of carbonyl (C=O) groups is 3. The molecule has 5 aliphatic heterocycles. The number of anilines is 2. The van der Waals surface area contributed by atoms with Crippen molar-refractivity contribution in [3.05, 3.63) is 78.1 Å². The first-order valence-electron chi connectivity index (χ1n) is 16.9. The summed E-state index contributed by atoms with van der Waals surface area (Å²) >= 11 is 0. The molecule has 1 spiro atoms. The molecular weight excluding hydrogens is 590 g/mol. The molecule has 47 heavy (non-hydrogen) atoms. The molecule has 2 aromatic carbocycles. The zero-order valence-corrected chi connectivity index (χ0v) is 26.5. The number of nitrogens with one attached hydrogen (secondary N) is 2. The van der Waals surface area contributed by atoms with E-state index in [1.807, 2.05) is 18.5 Å². The zero-order valence-electron chi connectivity index (χ0n) is 26.5. The van der Waals surface area contributed by atoms with E-state index in [1.165, 1.54) is 43.7 Å². The molecule has 0 aliphatic carbocycles. The summed E-state index contributed by atoms with van der Waals surface area (Å²) in [5.41, 5.74) is 7.83. The Morgan fingerprint density at radius 2 is 1.62 bits per heavy atom. The van der Waals surface area contributed by atoms with Gasteiger partial charge in [0.05, 0.1) is 0 Å². The quantitative estimate of drug-likeness (QED) is 0.311. The lowest BCUT2D eigenvalue weighted by molar-refractivity contribution is -0.136.